The maximum atomic E-state index is 5.96. The summed E-state index contributed by atoms with van der Waals surface area (Å²) < 4.78 is 5.26. The fourth-order valence-electron chi connectivity index (χ4n) is 1.79. The van der Waals surface area contributed by atoms with Gasteiger partial charge < -0.3 is 10.3 Å². The van der Waals surface area contributed by atoms with E-state index in [1.54, 1.807) is 12.1 Å². The molecule has 21 heavy (non-hydrogen) atoms. The van der Waals surface area contributed by atoms with Crippen LogP contribution in [0.1, 0.15) is 5.82 Å². The van der Waals surface area contributed by atoms with Crippen LogP contribution < -0.4 is 5.73 Å². The molecule has 1 aromatic heterocycles. The first kappa shape index (κ1) is 14.0. The second-order valence-corrected chi connectivity index (χ2v) is 5.81. The zero-order valence-corrected chi connectivity index (χ0v) is 12.6. The lowest BCUT2D eigenvalue weighted by atomic mass is 10.2. The molecular weight excluding hydrogens is 306 g/mol. The summed E-state index contributed by atoms with van der Waals surface area (Å²) in [6, 6.07) is 15.1. The van der Waals surface area contributed by atoms with Gasteiger partial charge in [0.2, 0.25) is 0 Å². The van der Waals surface area contributed by atoms with Crippen LogP contribution in [0.2, 0.25) is 5.02 Å². The molecule has 0 aliphatic carbocycles. The number of rotatable bonds is 4. The molecule has 3 rings (SSSR count). The van der Waals surface area contributed by atoms with Crippen molar-refractivity contribution in [3.63, 3.8) is 0 Å². The van der Waals surface area contributed by atoms with E-state index in [9.17, 15) is 0 Å². The molecule has 0 aliphatic rings. The number of anilines is 1. The van der Waals surface area contributed by atoms with Crippen LogP contribution in [-0.4, -0.2) is 10.1 Å². The third-order valence-electron chi connectivity index (χ3n) is 2.82. The predicted octanol–water partition coefficient (Wildman–Crippen LogP) is 4.26. The number of aromatic nitrogens is 2. The van der Waals surface area contributed by atoms with E-state index >= 15 is 0 Å². The first-order valence-corrected chi connectivity index (χ1v) is 7.64. The number of nitrogens with zero attached hydrogens (tertiary/aromatic N) is 2. The number of halogens is 1. The van der Waals surface area contributed by atoms with Crippen molar-refractivity contribution in [2.24, 2.45) is 0 Å². The third kappa shape index (κ3) is 3.37. The Morgan fingerprint density at radius 3 is 2.76 bits per heavy atom. The van der Waals surface area contributed by atoms with E-state index in [1.807, 2.05) is 36.4 Å². The fraction of sp³-hybridized carbons (Fsp3) is 0.0667. The lowest BCUT2D eigenvalue weighted by Crippen LogP contribution is -1.90. The van der Waals surface area contributed by atoms with Gasteiger partial charge >= 0.3 is 0 Å². The van der Waals surface area contributed by atoms with Crippen molar-refractivity contribution in [1.29, 1.82) is 0 Å². The highest BCUT2D eigenvalue weighted by Crippen LogP contribution is 2.30. The van der Waals surface area contributed by atoms with Crippen molar-refractivity contribution in [3.05, 3.63) is 59.4 Å². The van der Waals surface area contributed by atoms with Gasteiger partial charge in [0.15, 0.2) is 5.82 Å². The highest BCUT2D eigenvalue weighted by molar-refractivity contribution is 7.98. The average molecular weight is 318 g/mol. The van der Waals surface area contributed by atoms with Gasteiger partial charge in [0.1, 0.15) is 0 Å². The summed E-state index contributed by atoms with van der Waals surface area (Å²) in [5.74, 6) is 1.71. The Bertz CT molecular complexity index is 746. The Kier molecular flexibility index (Phi) is 4.13. The molecule has 0 saturated heterocycles. The zero-order valence-electron chi connectivity index (χ0n) is 11.0. The summed E-state index contributed by atoms with van der Waals surface area (Å²) in [4.78, 5) is 5.29. The van der Waals surface area contributed by atoms with Gasteiger partial charge in [-0.2, -0.15) is 4.98 Å². The predicted molar refractivity (Wildman–Crippen MR) is 85.2 cm³/mol. The van der Waals surface area contributed by atoms with Gasteiger partial charge in [-0.1, -0.05) is 35.0 Å². The molecule has 0 aliphatic heterocycles. The summed E-state index contributed by atoms with van der Waals surface area (Å²) in [6.45, 7) is 0. The minimum absolute atomic E-state index is 0.519. The number of hydrogen-bond donors (Lipinski definition) is 1. The second-order valence-electron chi connectivity index (χ2n) is 4.35. The number of benzene rings is 2. The van der Waals surface area contributed by atoms with Gasteiger partial charge in [0.05, 0.1) is 5.75 Å². The van der Waals surface area contributed by atoms with Crippen molar-refractivity contribution in [2.75, 3.05) is 5.73 Å². The molecule has 1 heterocycles. The summed E-state index contributed by atoms with van der Waals surface area (Å²) in [5.41, 5.74) is 7.50. The number of nitrogen functional groups attached to an aromatic ring is 1. The van der Waals surface area contributed by atoms with E-state index in [-0.39, 0.29) is 0 Å². The summed E-state index contributed by atoms with van der Waals surface area (Å²) in [7, 11) is 0. The molecule has 2 aromatic carbocycles. The summed E-state index contributed by atoms with van der Waals surface area (Å²) >= 11 is 7.49. The SMILES string of the molecule is Nc1ccc(Cl)cc1SCc1noc(-c2ccccc2)n1. The normalized spacial score (nSPS) is 10.7. The van der Waals surface area contributed by atoms with Crippen molar-refractivity contribution >= 4 is 29.1 Å². The second kappa shape index (κ2) is 6.20. The standard InChI is InChI=1S/C15H12ClN3OS/c16-11-6-7-12(17)13(8-11)21-9-14-18-15(20-19-14)10-4-2-1-3-5-10/h1-8H,9,17H2. The van der Waals surface area contributed by atoms with Gasteiger partial charge in [-0.05, 0) is 30.3 Å². The smallest absolute Gasteiger partial charge is 0.257 e. The van der Waals surface area contributed by atoms with Crippen molar-refractivity contribution in [2.45, 2.75) is 10.6 Å². The summed E-state index contributed by atoms with van der Waals surface area (Å²) in [6.07, 6.45) is 0. The minimum Gasteiger partial charge on any atom is -0.398 e. The molecule has 106 valence electrons. The third-order valence-corrected chi connectivity index (χ3v) is 4.12. The van der Waals surface area contributed by atoms with Crippen LogP contribution >= 0.6 is 23.4 Å². The quantitative estimate of drug-likeness (QED) is 0.575. The fourth-order valence-corrected chi connectivity index (χ4v) is 2.87. The topological polar surface area (TPSA) is 64.9 Å². The Morgan fingerprint density at radius 2 is 1.95 bits per heavy atom. The number of hydrogen-bond acceptors (Lipinski definition) is 5. The molecule has 0 amide bonds. The number of nitrogens with two attached hydrogens (primary N) is 1. The Balaban J connectivity index is 1.72. The molecule has 0 unspecified atom stereocenters. The lowest BCUT2D eigenvalue weighted by molar-refractivity contribution is 0.425. The Morgan fingerprint density at radius 1 is 1.14 bits per heavy atom. The molecule has 0 atom stereocenters. The molecule has 4 nitrogen and oxygen atoms in total. The van der Waals surface area contributed by atoms with E-state index in [2.05, 4.69) is 10.1 Å². The molecule has 2 N–H and O–H groups in total. The molecule has 3 aromatic rings. The molecular formula is C15H12ClN3OS. The van der Waals surface area contributed by atoms with E-state index in [0.717, 1.165) is 10.5 Å². The van der Waals surface area contributed by atoms with Crippen LogP contribution in [0.4, 0.5) is 5.69 Å². The molecule has 0 radical (unpaired) electrons. The van der Waals surface area contributed by atoms with Crippen LogP contribution in [0.15, 0.2) is 57.9 Å². The van der Waals surface area contributed by atoms with E-state index in [4.69, 9.17) is 21.9 Å². The van der Waals surface area contributed by atoms with Crippen LogP contribution in [0.3, 0.4) is 0 Å². The van der Waals surface area contributed by atoms with Crippen molar-refractivity contribution < 1.29 is 4.52 Å². The molecule has 0 spiro atoms. The van der Waals surface area contributed by atoms with Gasteiger partial charge in [-0.15, -0.1) is 11.8 Å². The first-order chi connectivity index (χ1) is 10.2. The van der Waals surface area contributed by atoms with Gasteiger partial charge in [0, 0.05) is 21.2 Å². The van der Waals surface area contributed by atoms with E-state index in [0.29, 0.717) is 28.2 Å². The van der Waals surface area contributed by atoms with Crippen molar-refractivity contribution in [3.8, 4) is 11.5 Å². The van der Waals surface area contributed by atoms with Gasteiger partial charge in [0.25, 0.3) is 5.89 Å². The lowest BCUT2D eigenvalue weighted by Gasteiger charge is -2.03. The highest BCUT2D eigenvalue weighted by atomic mass is 35.5. The van der Waals surface area contributed by atoms with E-state index in [1.165, 1.54) is 11.8 Å². The highest BCUT2D eigenvalue weighted by Gasteiger charge is 2.09. The maximum absolute atomic E-state index is 5.96. The minimum atomic E-state index is 0.519. The van der Waals surface area contributed by atoms with Crippen LogP contribution in [0.25, 0.3) is 11.5 Å². The monoisotopic (exact) mass is 317 g/mol. The maximum Gasteiger partial charge on any atom is 0.257 e. The summed E-state index contributed by atoms with van der Waals surface area (Å²) in [5, 5.41) is 4.64. The van der Waals surface area contributed by atoms with Gasteiger partial charge in [-0.25, -0.2) is 0 Å². The largest absolute Gasteiger partial charge is 0.398 e. The van der Waals surface area contributed by atoms with Crippen LogP contribution in [0, 0.1) is 0 Å². The average Bonchev–Trinajstić information content (AvgIpc) is 2.98. The first-order valence-electron chi connectivity index (χ1n) is 6.28. The molecule has 0 saturated carbocycles. The number of thioether (sulfide) groups is 1. The van der Waals surface area contributed by atoms with E-state index < -0.39 is 0 Å². The molecule has 0 bridgehead atoms. The van der Waals surface area contributed by atoms with Crippen LogP contribution in [-0.2, 0) is 5.75 Å². The molecule has 6 heteroatoms. The van der Waals surface area contributed by atoms with Crippen LogP contribution in [0.5, 0.6) is 0 Å². The zero-order chi connectivity index (χ0) is 14.7. The molecule has 0 fully saturated rings. The van der Waals surface area contributed by atoms with Crippen molar-refractivity contribution in [1.82, 2.24) is 10.1 Å². The Labute approximate surface area is 131 Å². The Hall–Kier alpha value is -1.98. The van der Waals surface area contributed by atoms with Gasteiger partial charge in [-0.3, -0.25) is 0 Å².